The van der Waals surface area contributed by atoms with Crippen molar-refractivity contribution in [2.75, 3.05) is 0 Å². The van der Waals surface area contributed by atoms with E-state index in [1.165, 1.54) is 6.08 Å². The lowest BCUT2D eigenvalue weighted by Gasteiger charge is -2.32. The maximum Gasteiger partial charge on any atom is 0.317 e. The zero-order chi connectivity index (χ0) is 9.76. The fourth-order valence-corrected chi connectivity index (χ4v) is 2.58. The Morgan fingerprint density at radius 3 is 3.07 bits per heavy atom. The molecule has 0 aromatic heterocycles. The summed E-state index contributed by atoms with van der Waals surface area (Å²) in [7, 11) is 0. The monoisotopic (exact) mass is 190 g/mol. The van der Waals surface area contributed by atoms with Crippen LogP contribution in [0.3, 0.4) is 0 Å². The molecule has 0 unspecified atom stereocenters. The number of hydrogen-bond acceptors (Lipinski definition) is 3. The van der Waals surface area contributed by atoms with E-state index < -0.39 is 5.41 Å². The molecule has 0 radical (unpaired) electrons. The van der Waals surface area contributed by atoms with E-state index in [1.807, 2.05) is 12.2 Å². The molecule has 0 saturated carbocycles. The number of esters is 1. The quantitative estimate of drug-likeness (QED) is 0.423. The van der Waals surface area contributed by atoms with E-state index in [0.717, 1.165) is 0 Å². The second kappa shape index (κ2) is 2.35. The first-order valence-electron chi connectivity index (χ1n) is 4.82. The third kappa shape index (κ3) is 0.820. The van der Waals surface area contributed by atoms with Crippen LogP contribution in [0.1, 0.15) is 12.8 Å². The third-order valence-corrected chi connectivity index (χ3v) is 3.38. The summed E-state index contributed by atoms with van der Waals surface area (Å²) in [4.78, 5) is 22.9. The number of hydrogen-bond donors (Lipinski definition) is 0. The summed E-state index contributed by atoms with van der Waals surface area (Å²) in [6.45, 7) is 0. The summed E-state index contributed by atoms with van der Waals surface area (Å²) in [5.41, 5.74) is -0.521. The molecule has 0 N–H and O–H groups in total. The van der Waals surface area contributed by atoms with Crippen molar-refractivity contribution >= 4 is 11.8 Å². The second-order valence-electron chi connectivity index (χ2n) is 4.18. The lowest BCUT2D eigenvalue weighted by atomic mass is 9.66. The molecule has 3 heteroatoms. The molecule has 1 aliphatic heterocycles. The van der Waals surface area contributed by atoms with Gasteiger partial charge in [0.25, 0.3) is 0 Å². The van der Waals surface area contributed by atoms with Gasteiger partial charge in [0, 0.05) is 18.8 Å². The van der Waals surface area contributed by atoms with Crippen LogP contribution in [-0.2, 0) is 14.3 Å². The van der Waals surface area contributed by atoms with Gasteiger partial charge in [-0.25, -0.2) is 0 Å². The van der Waals surface area contributed by atoms with Crippen LogP contribution in [0, 0.1) is 11.3 Å². The summed E-state index contributed by atoms with van der Waals surface area (Å²) in [6.07, 6.45) is 8.21. The first-order valence-corrected chi connectivity index (χ1v) is 4.82. The van der Waals surface area contributed by atoms with Gasteiger partial charge in [-0.05, 0) is 12.2 Å². The van der Waals surface area contributed by atoms with Crippen LogP contribution in [0.4, 0.5) is 0 Å². The number of ether oxygens (including phenoxy) is 1. The van der Waals surface area contributed by atoms with Gasteiger partial charge >= 0.3 is 5.97 Å². The molecular formula is C11H10O3. The van der Waals surface area contributed by atoms with Crippen molar-refractivity contribution in [3.05, 3.63) is 24.3 Å². The lowest BCUT2D eigenvalue weighted by molar-refractivity contribution is -0.147. The van der Waals surface area contributed by atoms with Gasteiger partial charge in [-0.2, -0.15) is 0 Å². The fraction of sp³-hybridized carbons (Fsp3) is 0.455. The van der Waals surface area contributed by atoms with Crippen molar-refractivity contribution in [1.29, 1.82) is 0 Å². The van der Waals surface area contributed by atoms with Crippen molar-refractivity contribution in [2.24, 2.45) is 11.3 Å². The first kappa shape index (κ1) is 7.97. The Kier molecular flexibility index (Phi) is 1.34. The predicted octanol–water partition coefficient (Wildman–Crippen LogP) is 1.00. The Balaban J connectivity index is 2.13. The van der Waals surface area contributed by atoms with Crippen LogP contribution >= 0.6 is 0 Å². The molecule has 3 rings (SSSR count). The summed E-state index contributed by atoms with van der Waals surface area (Å²) >= 11 is 0. The van der Waals surface area contributed by atoms with Crippen LogP contribution in [-0.4, -0.2) is 17.9 Å². The number of rotatable bonds is 0. The van der Waals surface area contributed by atoms with Crippen molar-refractivity contribution in [3.8, 4) is 0 Å². The molecule has 2 bridgehead atoms. The summed E-state index contributed by atoms with van der Waals surface area (Å²) in [6, 6.07) is 0. The second-order valence-corrected chi connectivity index (χ2v) is 4.18. The van der Waals surface area contributed by atoms with E-state index in [4.69, 9.17) is 4.74 Å². The normalized spacial score (nSPS) is 43.7. The van der Waals surface area contributed by atoms with Crippen molar-refractivity contribution < 1.29 is 14.3 Å². The number of fused-ring (bicyclic) bond motifs is 1. The molecule has 1 saturated heterocycles. The van der Waals surface area contributed by atoms with Crippen molar-refractivity contribution in [3.63, 3.8) is 0 Å². The standard InChI is InChI=1S/C11H10O3/c12-8-3-4-11-6-9(14-10(11)13)2-1-7(11)5-8/h1-4,7,9H,5-6H2/t7-,9+,11+/m0/s1. The van der Waals surface area contributed by atoms with E-state index in [1.54, 1.807) is 6.08 Å². The first-order chi connectivity index (χ1) is 6.71. The molecule has 0 amide bonds. The van der Waals surface area contributed by atoms with Gasteiger partial charge in [-0.1, -0.05) is 12.2 Å². The number of allylic oxidation sites excluding steroid dienone is 2. The van der Waals surface area contributed by atoms with E-state index >= 15 is 0 Å². The summed E-state index contributed by atoms with van der Waals surface area (Å²) < 4.78 is 5.19. The minimum absolute atomic E-state index is 0.0197. The smallest absolute Gasteiger partial charge is 0.317 e. The molecule has 3 atom stereocenters. The van der Waals surface area contributed by atoms with Gasteiger partial charge < -0.3 is 4.74 Å². The molecule has 2 aliphatic carbocycles. The van der Waals surface area contributed by atoms with Crippen molar-refractivity contribution in [1.82, 2.24) is 0 Å². The molecule has 1 spiro atoms. The highest BCUT2D eigenvalue weighted by Crippen LogP contribution is 2.49. The molecule has 1 fully saturated rings. The average Bonchev–Trinajstić information content (AvgIpc) is 2.41. The number of carbonyl (C=O) groups excluding carboxylic acids is 2. The van der Waals surface area contributed by atoms with Gasteiger partial charge in [0.15, 0.2) is 5.78 Å². The molecular weight excluding hydrogens is 180 g/mol. The zero-order valence-electron chi connectivity index (χ0n) is 7.60. The Morgan fingerprint density at radius 1 is 1.36 bits per heavy atom. The summed E-state index contributed by atoms with van der Waals surface area (Å²) in [5.74, 6) is -0.0454. The van der Waals surface area contributed by atoms with E-state index in [2.05, 4.69) is 0 Å². The van der Waals surface area contributed by atoms with Gasteiger partial charge in [0.05, 0.1) is 5.41 Å². The van der Waals surface area contributed by atoms with Crippen LogP contribution in [0.25, 0.3) is 0 Å². The van der Waals surface area contributed by atoms with Crippen molar-refractivity contribution in [2.45, 2.75) is 18.9 Å². The minimum Gasteiger partial charge on any atom is -0.457 e. The molecule has 14 heavy (non-hydrogen) atoms. The highest BCUT2D eigenvalue weighted by Gasteiger charge is 2.54. The van der Waals surface area contributed by atoms with E-state index in [0.29, 0.717) is 12.8 Å². The number of ketones is 1. The van der Waals surface area contributed by atoms with Crippen LogP contribution in [0.15, 0.2) is 24.3 Å². The molecule has 0 aromatic rings. The average molecular weight is 190 g/mol. The van der Waals surface area contributed by atoms with Gasteiger partial charge in [-0.15, -0.1) is 0 Å². The van der Waals surface area contributed by atoms with Gasteiger partial charge in [-0.3, -0.25) is 9.59 Å². The topological polar surface area (TPSA) is 43.4 Å². The van der Waals surface area contributed by atoms with Crippen LogP contribution < -0.4 is 0 Å². The highest BCUT2D eigenvalue weighted by atomic mass is 16.6. The van der Waals surface area contributed by atoms with E-state index in [9.17, 15) is 9.59 Å². The minimum atomic E-state index is -0.521. The van der Waals surface area contributed by atoms with Crippen LogP contribution in [0.5, 0.6) is 0 Å². The number of carbonyl (C=O) groups is 2. The largest absolute Gasteiger partial charge is 0.457 e. The SMILES string of the molecule is O=C1C=C[C@@]23C[C@@H](C=C[C@H]2C1)OC3=O. The lowest BCUT2D eigenvalue weighted by Crippen LogP contribution is -2.37. The Hall–Kier alpha value is -1.38. The van der Waals surface area contributed by atoms with Gasteiger partial charge in [0.1, 0.15) is 6.10 Å². The highest BCUT2D eigenvalue weighted by molar-refractivity contribution is 5.95. The molecule has 3 aliphatic rings. The van der Waals surface area contributed by atoms with E-state index in [-0.39, 0.29) is 23.8 Å². The predicted molar refractivity (Wildman–Crippen MR) is 48.3 cm³/mol. The molecule has 3 nitrogen and oxygen atoms in total. The third-order valence-electron chi connectivity index (χ3n) is 3.38. The summed E-state index contributed by atoms with van der Waals surface area (Å²) in [5, 5.41) is 0. The fourth-order valence-electron chi connectivity index (χ4n) is 2.58. The van der Waals surface area contributed by atoms with Gasteiger partial charge in [0.2, 0.25) is 0 Å². The molecule has 1 heterocycles. The van der Waals surface area contributed by atoms with Crippen LogP contribution in [0.2, 0.25) is 0 Å². The Labute approximate surface area is 81.4 Å². The maximum atomic E-state index is 11.7. The Morgan fingerprint density at radius 2 is 2.21 bits per heavy atom. The maximum absolute atomic E-state index is 11.7. The zero-order valence-corrected chi connectivity index (χ0v) is 7.60. The molecule has 72 valence electrons. The molecule has 0 aromatic carbocycles. The Bertz CT molecular complexity index is 380.